The van der Waals surface area contributed by atoms with Crippen molar-refractivity contribution in [3.05, 3.63) is 110 Å². The van der Waals surface area contributed by atoms with E-state index in [1.165, 1.54) is 0 Å². The lowest BCUT2D eigenvalue weighted by atomic mass is 9.81. The second-order valence-electron chi connectivity index (χ2n) is 9.90. The zero-order valence-corrected chi connectivity index (χ0v) is 24.5. The molecular formula is C30H33BrN6O4. The van der Waals surface area contributed by atoms with E-state index in [1.54, 1.807) is 0 Å². The smallest absolute Gasteiger partial charge is 0.266 e. The topological polar surface area (TPSA) is 141 Å². The van der Waals surface area contributed by atoms with Crippen LogP contribution in [0.25, 0.3) is 10.4 Å². The van der Waals surface area contributed by atoms with Crippen molar-refractivity contribution in [3.8, 4) is 5.75 Å². The molecule has 0 aromatic heterocycles. The van der Waals surface area contributed by atoms with E-state index in [-0.39, 0.29) is 31.5 Å². The fourth-order valence-corrected chi connectivity index (χ4v) is 5.04. The molecule has 0 aliphatic carbocycles. The van der Waals surface area contributed by atoms with Gasteiger partial charge < -0.3 is 14.6 Å². The van der Waals surface area contributed by atoms with Crippen LogP contribution in [0.5, 0.6) is 5.75 Å². The van der Waals surface area contributed by atoms with Gasteiger partial charge in [0.15, 0.2) is 11.6 Å². The van der Waals surface area contributed by atoms with Crippen LogP contribution in [0.4, 0.5) is 0 Å². The Labute approximate surface area is 247 Å². The van der Waals surface area contributed by atoms with Crippen molar-refractivity contribution in [2.75, 3.05) is 13.2 Å². The summed E-state index contributed by atoms with van der Waals surface area (Å²) in [5, 5.41) is 12.8. The van der Waals surface area contributed by atoms with Crippen molar-refractivity contribution in [2.45, 2.75) is 50.9 Å². The largest absolute Gasteiger partial charge is 0.494 e. The summed E-state index contributed by atoms with van der Waals surface area (Å²) >= 11 is 3.65. The Morgan fingerprint density at radius 1 is 1.15 bits per heavy atom. The third kappa shape index (κ3) is 7.25. The van der Waals surface area contributed by atoms with Gasteiger partial charge >= 0.3 is 0 Å². The molecule has 41 heavy (non-hydrogen) atoms. The molecule has 1 aliphatic heterocycles. The number of aliphatic imine (C=N–C) groups is 1. The Bertz CT molecular complexity index is 1420. The maximum absolute atomic E-state index is 14.2. The maximum Gasteiger partial charge on any atom is 0.266 e. The van der Waals surface area contributed by atoms with Crippen molar-refractivity contribution in [3.63, 3.8) is 0 Å². The highest BCUT2D eigenvalue weighted by Gasteiger charge is 2.54. The van der Waals surface area contributed by atoms with Gasteiger partial charge in [-0.2, -0.15) is 0 Å². The van der Waals surface area contributed by atoms with Gasteiger partial charge in [-0.3, -0.25) is 10.2 Å². The molecule has 3 aromatic carbocycles. The number of aliphatic hydroxyl groups excluding tert-OH is 1. The number of rotatable bonds is 13. The maximum atomic E-state index is 14.2. The van der Waals surface area contributed by atoms with Crippen LogP contribution >= 0.6 is 15.9 Å². The molecule has 0 saturated heterocycles. The Morgan fingerprint density at radius 3 is 2.54 bits per heavy atom. The van der Waals surface area contributed by atoms with Gasteiger partial charge in [0.25, 0.3) is 5.91 Å². The van der Waals surface area contributed by atoms with Crippen LogP contribution in [0.15, 0.2) is 87.4 Å². The summed E-state index contributed by atoms with van der Waals surface area (Å²) in [7, 11) is 0. The molecule has 10 nitrogen and oxygen atoms in total. The predicted octanol–water partition coefficient (Wildman–Crippen LogP) is 5.55. The average Bonchev–Trinajstić information content (AvgIpc) is 3.36. The number of hydrogen-bond acceptors (Lipinski definition) is 7. The quantitative estimate of drug-likeness (QED) is 0.0755. The summed E-state index contributed by atoms with van der Waals surface area (Å²) in [6.45, 7) is 4.46. The number of nitrogens with zero attached hydrogens (tertiary/aromatic N) is 4. The zero-order chi connectivity index (χ0) is 29.2. The fraction of sp³-hybridized carbons (Fsp3) is 0.333. The highest BCUT2D eigenvalue weighted by atomic mass is 79.9. The summed E-state index contributed by atoms with van der Waals surface area (Å²) < 4.78 is 13.0. The summed E-state index contributed by atoms with van der Waals surface area (Å²) in [5.74, 6) is 0.615. The van der Waals surface area contributed by atoms with Crippen molar-refractivity contribution in [1.29, 1.82) is 0 Å². The average molecular weight is 622 g/mol. The van der Waals surface area contributed by atoms with Gasteiger partial charge in [0.1, 0.15) is 5.75 Å². The van der Waals surface area contributed by atoms with E-state index in [0.29, 0.717) is 30.2 Å². The lowest BCUT2D eigenvalue weighted by molar-refractivity contribution is -0.130. The number of amides is 1. The molecule has 2 atom stereocenters. The number of hydrazine groups is 1. The SMILES string of the molecule is CC(C)NNC(=O)[C@@]1(Cc2ccccc2CN=[N+]=[N-])N=C(c2ccc(OCCCO)cc2)O[C@H]1c1ccccc1Br. The normalized spacial score (nSPS) is 17.9. The summed E-state index contributed by atoms with van der Waals surface area (Å²) in [5.41, 5.74) is 16.5. The second-order valence-corrected chi connectivity index (χ2v) is 10.8. The molecule has 4 rings (SSSR count). The van der Waals surface area contributed by atoms with Gasteiger partial charge in [-0.15, -0.1) is 0 Å². The van der Waals surface area contributed by atoms with Crippen molar-refractivity contribution in [2.24, 2.45) is 10.1 Å². The Hall–Kier alpha value is -3.89. The lowest BCUT2D eigenvalue weighted by Crippen LogP contribution is -2.55. The van der Waals surface area contributed by atoms with E-state index >= 15 is 0 Å². The first-order valence-corrected chi connectivity index (χ1v) is 14.2. The van der Waals surface area contributed by atoms with Gasteiger partial charge in [-0.1, -0.05) is 63.5 Å². The molecule has 1 heterocycles. The molecule has 0 saturated carbocycles. The van der Waals surface area contributed by atoms with Crippen molar-refractivity contribution < 1.29 is 19.4 Å². The molecule has 3 aromatic rings. The monoisotopic (exact) mass is 620 g/mol. The summed E-state index contributed by atoms with van der Waals surface area (Å²) in [4.78, 5) is 22.1. The number of azide groups is 1. The molecule has 0 radical (unpaired) electrons. The molecule has 11 heteroatoms. The standard InChI is InChI=1S/C30H33BrN6O4/c1-20(2)35-36-29(39)30(18-22-8-3-4-9-23(22)19-33-37-32)27(25-10-5-6-11-26(25)31)41-28(34-30)21-12-14-24(15-13-21)40-17-7-16-38/h3-6,8-15,20,27,35,38H,7,16-19H2,1-2H3,(H,36,39)/t27-,30-/m0/s1. The molecule has 3 N–H and O–H groups in total. The summed E-state index contributed by atoms with van der Waals surface area (Å²) in [6.07, 6.45) is -0.0582. The number of ether oxygens (including phenoxy) is 2. The first kappa shape index (κ1) is 30.1. The van der Waals surface area contributed by atoms with E-state index < -0.39 is 11.6 Å². The first-order chi connectivity index (χ1) is 19.9. The van der Waals surface area contributed by atoms with Crippen LogP contribution in [-0.4, -0.2) is 41.7 Å². The second kappa shape index (κ2) is 14.1. The first-order valence-electron chi connectivity index (χ1n) is 13.4. The molecule has 214 valence electrons. The van der Waals surface area contributed by atoms with Crippen LogP contribution in [0.3, 0.4) is 0 Å². The number of aliphatic hydroxyl groups is 1. The number of nitrogens with one attached hydrogen (secondary N) is 2. The van der Waals surface area contributed by atoms with Gasteiger partial charge in [-0.05, 0) is 60.8 Å². The van der Waals surface area contributed by atoms with Crippen LogP contribution in [0, 0.1) is 0 Å². The fourth-order valence-electron chi connectivity index (χ4n) is 4.55. The number of hydrogen-bond donors (Lipinski definition) is 3. The molecule has 0 unspecified atom stereocenters. The minimum absolute atomic E-state index is 0.0145. The van der Waals surface area contributed by atoms with E-state index in [4.69, 9.17) is 25.1 Å². The van der Waals surface area contributed by atoms with E-state index in [1.807, 2.05) is 86.6 Å². The Balaban J connectivity index is 1.83. The number of carbonyl (C=O) groups is 1. The van der Waals surface area contributed by atoms with E-state index in [2.05, 4.69) is 36.8 Å². The highest BCUT2D eigenvalue weighted by Crippen LogP contribution is 2.45. The van der Waals surface area contributed by atoms with Crippen LogP contribution in [0.1, 0.15) is 48.6 Å². The molecule has 1 aliphatic rings. The predicted molar refractivity (Wildman–Crippen MR) is 160 cm³/mol. The number of carbonyl (C=O) groups excluding carboxylic acids is 1. The molecular weight excluding hydrogens is 588 g/mol. The number of benzene rings is 3. The van der Waals surface area contributed by atoms with Crippen molar-refractivity contribution in [1.82, 2.24) is 10.9 Å². The molecule has 0 spiro atoms. The van der Waals surface area contributed by atoms with Gasteiger partial charge in [0.2, 0.25) is 5.90 Å². The third-order valence-corrected chi connectivity index (χ3v) is 7.30. The molecule has 0 fully saturated rings. The third-order valence-electron chi connectivity index (χ3n) is 6.57. The molecule has 1 amide bonds. The van der Waals surface area contributed by atoms with Crippen LogP contribution in [0.2, 0.25) is 0 Å². The number of halogens is 1. The zero-order valence-electron chi connectivity index (χ0n) is 23.0. The lowest BCUT2D eigenvalue weighted by Gasteiger charge is -2.32. The minimum Gasteiger partial charge on any atom is -0.494 e. The van der Waals surface area contributed by atoms with E-state index in [9.17, 15) is 4.79 Å². The van der Waals surface area contributed by atoms with Crippen molar-refractivity contribution >= 4 is 27.7 Å². The van der Waals surface area contributed by atoms with Gasteiger partial charge in [0, 0.05) is 46.0 Å². The Morgan fingerprint density at radius 2 is 1.85 bits per heavy atom. The van der Waals surface area contributed by atoms with Gasteiger partial charge in [0.05, 0.1) is 13.2 Å². The van der Waals surface area contributed by atoms with Crippen LogP contribution < -0.4 is 15.6 Å². The van der Waals surface area contributed by atoms with E-state index in [0.717, 1.165) is 21.2 Å². The van der Waals surface area contributed by atoms with Gasteiger partial charge in [-0.25, -0.2) is 10.4 Å². The summed E-state index contributed by atoms with van der Waals surface area (Å²) in [6, 6.07) is 22.4. The minimum atomic E-state index is -1.41. The van der Waals surface area contributed by atoms with Crippen LogP contribution in [-0.2, 0) is 22.5 Å². The Kier molecular flexibility index (Phi) is 10.4. The molecule has 0 bridgehead atoms. The highest BCUT2D eigenvalue weighted by molar-refractivity contribution is 9.10.